The van der Waals surface area contributed by atoms with Gasteiger partial charge in [0.05, 0.1) is 10.9 Å². The molecule has 2 atom stereocenters. The number of amides is 1. The summed E-state index contributed by atoms with van der Waals surface area (Å²) < 4.78 is 0. The molecule has 5 heteroatoms. The molecule has 1 amide bonds. The van der Waals surface area contributed by atoms with Crippen LogP contribution in [0.25, 0.3) is 0 Å². The number of hydrogen-bond donors (Lipinski definition) is 2. The summed E-state index contributed by atoms with van der Waals surface area (Å²) in [5, 5.41) is 16.9. The van der Waals surface area contributed by atoms with Crippen LogP contribution in [-0.4, -0.2) is 17.5 Å². The summed E-state index contributed by atoms with van der Waals surface area (Å²) >= 11 is 1.71. The third-order valence-corrected chi connectivity index (χ3v) is 6.42. The third kappa shape index (κ3) is 4.77. The summed E-state index contributed by atoms with van der Waals surface area (Å²) in [5.74, 6) is -0.0490. The number of carbonyl (C=O) groups is 1. The molecule has 0 radical (unpaired) electrons. The van der Waals surface area contributed by atoms with Crippen LogP contribution in [0.4, 0.5) is 0 Å². The molecule has 142 valence electrons. The van der Waals surface area contributed by atoms with Crippen molar-refractivity contribution >= 4 is 17.2 Å². The lowest BCUT2D eigenvalue weighted by molar-refractivity contribution is -0.704. The molecule has 1 heterocycles. The number of quaternary nitrogens is 1. The van der Waals surface area contributed by atoms with Crippen LogP contribution in [-0.2, 0) is 4.79 Å². The SMILES string of the molecule is Cc1ccc([C@H]([NH2+][C@@H](C)C(=O)NC2(C#N)CCCCC2)c2cccs2)cc1. The Morgan fingerprint density at radius 1 is 1.22 bits per heavy atom. The van der Waals surface area contributed by atoms with Crippen LogP contribution >= 0.6 is 11.3 Å². The number of carbonyl (C=O) groups excluding carboxylic acids is 1. The van der Waals surface area contributed by atoms with Crippen LogP contribution in [0.2, 0.25) is 0 Å². The van der Waals surface area contributed by atoms with Gasteiger partial charge in [0.15, 0.2) is 6.04 Å². The molecule has 0 spiro atoms. The monoisotopic (exact) mass is 382 g/mol. The van der Waals surface area contributed by atoms with E-state index in [-0.39, 0.29) is 18.0 Å². The number of thiophene rings is 1. The van der Waals surface area contributed by atoms with Gasteiger partial charge in [0.25, 0.3) is 5.91 Å². The summed E-state index contributed by atoms with van der Waals surface area (Å²) in [6.07, 6.45) is 4.68. The Labute approximate surface area is 165 Å². The predicted octanol–water partition coefficient (Wildman–Crippen LogP) is 3.44. The molecular formula is C22H28N3OS+. The Kier molecular flexibility index (Phi) is 6.30. The fourth-order valence-corrected chi connectivity index (χ4v) is 4.59. The predicted molar refractivity (Wildman–Crippen MR) is 108 cm³/mol. The molecule has 1 aliphatic carbocycles. The van der Waals surface area contributed by atoms with E-state index < -0.39 is 5.54 Å². The first-order valence-electron chi connectivity index (χ1n) is 9.71. The van der Waals surface area contributed by atoms with Crippen molar-refractivity contribution in [3.05, 3.63) is 57.8 Å². The lowest BCUT2D eigenvalue weighted by Crippen LogP contribution is -2.93. The lowest BCUT2D eigenvalue weighted by Gasteiger charge is -2.32. The van der Waals surface area contributed by atoms with Gasteiger partial charge in [-0.1, -0.05) is 55.2 Å². The first-order valence-corrected chi connectivity index (χ1v) is 10.6. The van der Waals surface area contributed by atoms with Gasteiger partial charge >= 0.3 is 0 Å². The van der Waals surface area contributed by atoms with Gasteiger partial charge in [-0.25, -0.2) is 0 Å². The normalized spacial score (nSPS) is 18.3. The van der Waals surface area contributed by atoms with Crippen molar-refractivity contribution in [1.82, 2.24) is 5.32 Å². The van der Waals surface area contributed by atoms with E-state index in [1.165, 1.54) is 16.0 Å². The van der Waals surface area contributed by atoms with Gasteiger partial charge in [0.2, 0.25) is 0 Å². The summed E-state index contributed by atoms with van der Waals surface area (Å²) in [6.45, 7) is 4.01. The van der Waals surface area contributed by atoms with Gasteiger partial charge < -0.3 is 10.6 Å². The van der Waals surface area contributed by atoms with Crippen LogP contribution in [0, 0.1) is 18.3 Å². The summed E-state index contributed by atoms with van der Waals surface area (Å²) in [6, 6.07) is 14.9. The van der Waals surface area contributed by atoms with Crippen molar-refractivity contribution in [2.24, 2.45) is 0 Å². The van der Waals surface area contributed by atoms with Gasteiger partial charge in [-0.15, -0.1) is 11.3 Å². The highest BCUT2D eigenvalue weighted by Crippen LogP contribution is 2.28. The quantitative estimate of drug-likeness (QED) is 0.803. The average Bonchev–Trinajstić information content (AvgIpc) is 3.22. The minimum Gasteiger partial charge on any atom is -0.333 e. The fourth-order valence-electron chi connectivity index (χ4n) is 3.76. The third-order valence-electron chi connectivity index (χ3n) is 5.46. The molecule has 27 heavy (non-hydrogen) atoms. The first-order chi connectivity index (χ1) is 13.0. The van der Waals surface area contributed by atoms with Crippen LogP contribution in [0.1, 0.15) is 61.1 Å². The van der Waals surface area contributed by atoms with Crippen molar-refractivity contribution in [1.29, 1.82) is 5.26 Å². The maximum Gasteiger partial charge on any atom is 0.279 e. The second kappa shape index (κ2) is 8.69. The maximum absolute atomic E-state index is 12.9. The zero-order valence-electron chi connectivity index (χ0n) is 16.1. The van der Waals surface area contributed by atoms with E-state index >= 15 is 0 Å². The molecule has 1 aromatic carbocycles. The van der Waals surface area contributed by atoms with E-state index in [1.54, 1.807) is 11.3 Å². The number of rotatable bonds is 6. The van der Waals surface area contributed by atoms with E-state index in [1.807, 2.05) is 13.0 Å². The second-order valence-corrected chi connectivity index (χ2v) is 8.61. The largest absolute Gasteiger partial charge is 0.333 e. The number of nitrogens with zero attached hydrogens (tertiary/aromatic N) is 1. The Morgan fingerprint density at radius 2 is 1.93 bits per heavy atom. The molecule has 0 aliphatic heterocycles. The van der Waals surface area contributed by atoms with Gasteiger partial charge in [0, 0.05) is 5.56 Å². The number of aryl methyl sites for hydroxylation is 1. The van der Waals surface area contributed by atoms with Crippen molar-refractivity contribution in [2.75, 3.05) is 0 Å². The van der Waals surface area contributed by atoms with Gasteiger partial charge in [-0.05, 0) is 38.1 Å². The van der Waals surface area contributed by atoms with Gasteiger partial charge in [-0.3, -0.25) is 4.79 Å². The zero-order valence-corrected chi connectivity index (χ0v) is 16.9. The number of nitriles is 1. The van der Waals surface area contributed by atoms with Crippen LogP contribution in [0.15, 0.2) is 41.8 Å². The Hall–Kier alpha value is -2.16. The van der Waals surface area contributed by atoms with E-state index in [0.717, 1.165) is 32.1 Å². The number of nitrogens with two attached hydrogens (primary N) is 1. The standard InChI is InChI=1S/C22H27N3OS/c1-16-8-10-18(11-9-16)20(19-7-6-14-27-19)24-17(2)21(26)25-22(15-23)12-4-3-5-13-22/h6-11,14,17,20,24H,3-5,12-13H2,1-2H3,(H,25,26)/p+1/t17-,20-/m0/s1. The van der Waals surface area contributed by atoms with E-state index in [0.29, 0.717) is 0 Å². The Morgan fingerprint density at radius 3 is 2.52 bits per heavy atom. The van der Waals surface area contributed by atoms with Crippen molar-refractivity contribution in [2.45, 2.75) is 63.6 Å². The topological polar surface area (TPSA) is 69.5 Å². The number of nitrogens with one attached hydrogen (secondary N) is 1. The first kappa shape index (κ1) is 19.6. The summed E-state index contributed by atoms with van der Waals surface area (Å²) in [7, 11) is 0. The average molecular weight is 383 g/mol. The molecule has 4 nitrogen and oxygen atoms in total. The minimum absolute atomic E-state index is 0.0490. The molecule has 3 N–H and O–H groups in total. The Bertz CT molecular complexity index is 786. The molecule has 2 aromatic rings. The molecule has 0 unspecified atom stereocenters. The highest BCUT2D eigenvalue weighted by atomic mass is 32.1. The summed E-state index contributed by atoms with van der Waals surface area (Å²) in [4.78, 5) is 14.1. The van der Waals surface area contributed by atoms with E-state index in [9.17, 15) is 10.1 Å². The van der Waals surface area contributed by atoms with Crippen molar-refractivity contribution in [3.8, 4) is 6.07 Å². The highest BCUT2D eigenvalue weighted by molar-refractivity contribution is 7.10. The van der Waals surface area contributed by atoms with E-state index in [2.05, 4.69) is 59.3 Å². The molecule has 1 saturated carbocycles. The lowest BCUT2D eigenvalue weighted by atomic mass is 9.82. The number of hydrogen-bond acceptors (Lipinski definition) is 3. The smallest absolute Gasteiger partial charge is 0.279 e. The maximum atomic E-state index is 12.9. The van der Waals surface area contributed by atoms with Crippen molar-refractivity contribution < 1.29 is 10.1 Å². The zero-order chi connectivity index (χ0) is 19.3. The van der Waals surface area contributed by atoms with Crippen molar-refractivity contribution in [3.63, 3.8) is 0 Å². The molecule has 1 fully saturated rings. The van der Waals surface area contributed by atoms with Crippen LogP contribution < -0.4 is 10.6 Å². The molecule has 1 aromatic heterocycles. The molecule has 0 saturated heterocycles. The minimum atomic E-state index is -0.681. The van der Waals surface area contributed by atoms with Gasteiger partial charge in [0.1, 0.15) is 11.6 Å². The van der Waals surface area contributed by atoms with Crippen LogP contribution in [0.3, 0.4) is 0 Å². The molecular weight excluding hydrogens is 354 g/mol. The second-order valence-electron chi connectivity index (χ2n) is 7.63. The summed E-state index contributed by atoms with van der Waals surface area (Å²) in [5.41, 5.74) is 1.73. The van der Waals surface area contributed by atoms with E-state index in [4.69, 9.17) is 0 Å². The van der Waals surface area contributed by atoms with Gasteiger partial charge in [-0.2, -0.15) is 5.26 Å². The molecule has 1 aliphatic rings. The molecule has 0 bridgehead atoms. The Balaban J connectivity index is 1.74. The number of benzene rings is 1. The fraction of sp³-hybridized carbons (Fsp3) is 0.455. The highest BCUT2D eigenvalue weighted by Gasteiger charge is 2.36. The molecule has 3 rings (SSSR count). The van der Waals surface area contributed by atoms with Crippen LogP contribution in [0.5, 0.6) is 0 Å².